The third-order valence-corrected chi connectivity index (χ3v) is 13.6. The van der Waals surface area contributed by atoms with E-state index in [1.54, 1.807) is 30.9 Å². The molecule has 5 heterocycles. The van der Waals surface area contributed by atoms with Gasteiger partial charge in [0.1, 0.15) is 31.9 Å². The van der Waals surface area contributed by atoms with E-state index in [1.165, 1.54) is 6.26 Å². The lowest BCUT2D eigenvalue weighted by Gasteiger charge is -2.39. The van der Waals surface area contributed by atoms with Crippen molar-refractivity contribution in [2.24, 2.45) is 11.8 Å². The highest BCUT2D eigenvalue weighted by Crippen LogP contribution is 2.47. The van der Waals surface area contributed by atoms with Gasteiger partial charge in [-0.1, -0.05) is 0 Å². The van der Waals surface area contributed by atoms with Crippen molar-refractivity contribution in [2.75, 3.05) is 94.7 Å². The number of fused-ring (bicyclic) bond motifs is 2. The number of nitrogens with zero attached hydrogens (tertiary/aromatic N) is 5. The summed E-state index contributed by atoms with van der Waals surface area (Å²) in [5.74, 6) is 3.51. The lowest BCUT2D eigenvalue weighted by Crippen LogP contribution is -2.45. The molecule has 0 bridgehead atoms. The highest BCUT2D eigenvalue weighted by atomic mass is 79.9. The molecule has 2 N–H and O–H groups in total. The second-order valence-corrected chi connectivity index (χ2v) is 20.1. The van der Waals surface area contributed by atoms with Gasteiger partial charge in [0.2, 0.25) is 16.0 Å². The summed E-state index contributed by atoms with van der Waals surface area (Å²) in [4.78, 5) is 14.3. The molecule has 0 saturated carbocycles. The normalized spacial score (nSPS) is 21.7. The smallest absolute Gasteiger partial charge is 0.229 e. The Labute approximate surface area is 302 Å². The fourth-order valence-corrected chi connectivity index (χ4v) is 10.4. The largest absolute Gasteiger partial charge is 0.494 e. The van der Waals surface area contributed by atoms with Gasteiger partial charge in [0.05, 0.1) is 34.5 Å². The molecule has 0 spiro atoms. The molecule has 3 fully saturated rings. The molecule has 2 aromatic carbocycles. The summed E-state index contributed by atoms with van der Waals surface area (Å²) in [5.41, 5.74) is 3.62. The topological polar surface area (TPSA) is 138 Å². The first-order chi connectivity index (χ1) is 23.8. The molecule has 1 aromatic heterocycles. The van der Waals surface area contributed by atoms with Crippen LogP contribution in [0.15, 0.2) is 34.9 Å². The first kappa shape index (κ1) is 35.3. The number of ether oxygens (including phenoxy) is 3. The van der Waals surface area contributed by atoms with Crippen LogP contribution in [0.5, 0.6) is 17.2 Å². The van der Waals surface area contributed by atoms with Crippen molar-refractivity contribution >= 4 is 67.2 Å². The molecule has 50 heavy (non-hydrogen) atoms. The molecule has 4 aliphatic rings. The molecule has 0 radical (unpaired) electrons. The lowest BCUT2D eigenvalue weighted by atomic mass is 10.0. The zero-order chi connectivity index (χ0) is 35.4. The molecule has 0 amide bonds. The van der Waals surface area contributed by atoms with Crippen LogP contribution in [0, 0.1) is 18.8 Å². The summed E-state index contributed by atoms with van der Waals surface area (Å²) in [6.07, 6.45) is 5.12. The Morgan fingerprint density at radius 1 is 1.00 bits per heavy atom. The molecule has 270 valence electrons. The highest BCUT2D eigenvalue weighted by molar-refractivity contribution is 9.10. The second-order valence-electron chi connectivity index (χ2n) is 14.1. The summed E-state index contributed by atoms with van der Waals surface area (Å²) in [5, 5.41) is 7.27. The molecular formula is C34H45BrN7O6PS. The summed E-state index contributed by atoms with van der Waals surface area (Å²) >= 11 is 3.57. The minimum absolute atomic E-state index is 0.368. The van der Waals surface area contributed by atoms with Crippen LogP contribution in [-0.2, 0) is 14.6 Å². The molecule has 3 aromatic rings. The molecule has 4 aliphatic heterocycles. The number of anilines is 5. The van der Waals surface area contributed by atoms with Crippen LogP contribution in [0.4, 0.5) is 28.8 Å². The number of benzene rings is 2. The van der Waals surface area contributed by atoms with E-state index in [0.717, 1.165) is 56.0 Å². The van der Waals surface area contributed by atoms with Gasteiger partial charge < -0.3 is 34.3 Å². The average molecular weight is 791 g/mol. The van der Waals surface area contributed by atoms with Crippen LogP contribution in [0.2, 0.25) is 0 Å². The van der Waals surface area contributed by atoms with E-state index in [0.29, 0.717) is 88.7 Å². The molecule has 7 rings (SSSR count). The van der Waals surface area contributed by atoms with Crippen molar-refractivity contribution in [2.45, 2.75) is 25.8 Å². The number of nitrogens with one attached hydrogen (secondary N) is 2. The van der Waals surface area contributed by atoms with E-state index in [-0.39, 0.29) is 0 Å². The number of rotatable bonds is 9. The third kappa shape index (κ3) is 7.16. The van der Waals surface area contributed by atoms with E-state index in [2.05, 4.69) is 60.4 Å². The van der Waals surface area contributed by atoms with Crippen molar-refractivity contribution in [3.63, 3.8) is 0 Å². The zero-order valence-corrected chi connectivity index (χ0v) is 32.4. The molecule has 2 atom stereocenters. The van der Waals surface area contributed by atoms with Crippen LogP contribution in [0.3, 0.4) is 0 Å². The van der Waals surface area contributed by atoms with Gasteiger partial charge in [0.25, 0.3) is 0 Å². The number of sulfonamides is 1. The Balaban J connectivity index is 1.03. The van der Waals surface area contributed by atoms with Crippen LogP contribution >= 0.6 is 23.1 Å². The molecular weight excluding hydrogens is 745 g/mol. The van der Waals surface area contributed by atoms with Gasteiger partial charge >= 0.3 is 0 Å². The molecule has 0 aliphatic carbocycles. The number of hydrogen-bond acceptors (Lipinski definition) is 12. The number of piperidine rings is 1. The number of likely N-dealkylation sites (tertiary alicyclic amines) is 1. The van der Waals surface area contributed by atoms with Gasteiger partial charge in [0, 0.05) is 63.3 Å². The number of aromatic nitrogens is 2. The van der Waals surface area contributed by atoms with E-state index in [1.807, 2.05) is 12.1 Å². The van der Waals surface area contributed by atoms with Crippen LogP contribution in [-0.4, -0.2) is 113 Å². The fourth-order valence-electron chi connectivity index (χ4n) is 7.81. The first-order valence-electron chi connectivity index (χ1n) is 17.0. The molecule has 16 heteroatoms. The van der Waals surface area contributed by atoms with Gasteiger partial charge in [0.15, 0.2) is 11.5 Å². The zero-order valence-electron chi connectivity index (χ0n) is 29.1. The van der Waals surface area contributed by atoms with Gasteiger partial charge in [-0.05, 0) is 84.6 Å². The SMILES string of the molecule is COc1cc(N2CCC(N3CC4CN(S(C)(=O)=O)C[C@@H]4C3)CC2)c(C)cc1Nc1ncc(Br)c(Nc2ccc3c(c2P(C)(C)=O)OCCO3)n1. The lowest BCUT2D eigenvalue weighted by molar-refractivity contribution is 0.173. The van der Waals surface area contributed by atoms with Gasteiger partial charge in [-0.2, -0.15) is 4.98 Å². The van der Waals surface area contributed by atoms with E-state index < -0.39 is 17.2 Å². The van der Waals surface area contributed by atoms with E-state index in [9.17, 15) is 13.0 Å². The standard InChI is InChI=1S/C34H45BrN7O6PS/c1-21-14-27(38-34-36-16-25(35)33(39-34)37-26-6-7-29-31(48-13-12-47-29)32(26)49(3,4)43)30(46-2)15-28(21)40-10-8-24(9-11-40)41-17-22-19-42(50(5,44)45)20-23(22)18-41/h6-7,14-16,22-24H,8-13,17-20H2,1-5H3,(H2,36,37,38,39)/t22-,23?/m0/s1. The monoisotopic (exact) mass is 789 g/mol. The summed E-state index contributed by atoms with van der Waals surface area (Å²) in [7, 11) is -4.23. The fraction of sp³-hybridized carbons (Fsp3) is 0.529. The Kier molecular flexibility index (Phi) is 9.74. The first-order valence-corrected chi connectivity index (χ1v) is 22.2. The minimum Gasteiger partial charge on any atom is -0.494 e. The number of halogens is 1. The quantitative estimate of drug-likeness (QED) is 0.287. The van der Waals surface area contributed by atoms with Crippen LogP contribution in [0.1, 0.15) is 18.4 Å². The summed E-state index contributed by atoms with van der Waals surface area (Å²) in [6.45, 7) is 11.5. The predicted molar refractivity (Wildman–Crippen MR) is 201 cm³/mol. The van der Waals surface area contributed by atoms with Gasteiger partial charge in [-0.15, -0.1) is 0 Å². The maximum Gasteiger partial charge on any atom is 0.229 e. The van der Waals surface area contributed by atoms with E-state index in [4.69, 9.17) is 19.2 Å². The van der Waals surface area contributed by atoms with Crippen molar-refractivity contribution in [3.8, 4) is 17.2 Å². The summed E-state index contributed by atoms with van der Waals surface area (Å²) < 4.78 is 57.3. The highest BCUT2D eigenvalue weighted by Gasteiger charge is 2.44. The Morgan fingerprint density at radius 3 is 2.36 bits per heavy atom. The average Bonchev–Trinajstić information content (AvgIpc) is 3.67. The molecule has 1 unspecified atom stereocenters. The van der Waals surface area contributed by atoms with Crippen molar-refractivity contribution in [3.05, 3.63) is 40.5 Å². The predicted octanol–water partition coefficient (Wildman–Crippen LogP) is 4.85. The third-order valence-electron chi connectivity index (χ3n) is 10.3. The Hall–Kier alpha value is -3.10. The van der Waals surface area contributed by atoms with E-state index >= 15 is 0 Å². The second kappa shape index (κ2) is 13.8. The van der Waals surface area contributed by atoms with Crippen LogP contribution in [0.25, 0.3) is 0 Å². The van der Waals surface area contributed by atoms with Gasteiger partial charge in [-0.3, -0.25) is 4.90 Å². The summed E-state index contributed by atoms with van der Waals surface area (Å²) in [6, 6.07) is 8.32. The minimum atomic E-state index is -3.11. The maximum absolute atomic E-state index is 13.4. The van der Waals surface area contributed by atoms with Gasteiger partial charge in [-0.25, -0.2) is 17.7 Å². The maximum atomic E-state index is 13.4. The number of methoxy groups -OCH3 is 1. The molecule has 13 nitrogen and oxygen atoms in total. The number of aryl methyl sites for hydroxylation is 1. The number of hydrogen-bond donors (Lipinski definition) is 2. The van der Waals surface area contributed by atoms with Crippen molar-refractivity contribution in [1.82, 2.24) is 19.2 Å². The van der Waals surface area contributed by atoms with Crippen molar-refractivity contribution in [1.29, 1.82) is 0 Å². The van der Waals surface area contributed by atoms with Crippen LogP contribution < -0.4 is 35.0 Å². The Morgan fingerprint density at radius 2 is 1.70 bits per heavy atom. The van der Waals surface area contributed by atoms with Crippen molar-refractivity contribution < 1.29 is 27.2 Å². The Bertz CT molecular complexity index is 1920. The molecule has 3 saturated heterocycles.